The second-order valence-electron chi connectivity index (χ2n) is 6.81. The number of halogens is 3. The Hall–Kier alpha value is -3.16. The first-order valence-corrected chi connectivity index (χ1v) is 8.79. The number of hydrogen-bond acceptors (Lipinski definition) is 3. The third-order valence-corrected chi connectivity index (χ3v) is 4.66. The molecule has 0 fully saturated rings. The molecule has 0 radical (unpaired) electrons. The minimum Gasteiger partial charge on any atom is -0.352 e. The van der Waals surface area contributed by atoms with Gasteiger partial charge in [-0.1, -0.05) is 11.6 Å². The van der Waals surface area contributed by atoms with E-state index in [1.54, 1.807) is 36.0 Å². The molecular formula is C20H17F3N4O. The first-order chi connectivity index (χ1) is 13.3. The fourth-order valence-electron chi connectivity index (χ4n) is 3.45. The fourth-order valence-corrected chi connectivity index (χ4v) is 3.45. The normalized spacial score (nSPS) is 13.9. The topological polar surface area (TPSA) is 59.8 Å². The van der Waals surface area contributed by atoms with Gasteiger partial charge in [0, 0.05) is 31.3 Å². The summed E-state index contributed by atoms with van der Waals surface area (Å²) < 4.78 is 40.9. The molecule has 3 aromatic rings. The van der Waals surface area contributed by atoms with Crippen LogP contribution in [-0.4, -0.2) is 27.2 Å². The lowest BCUT2D eigenvalue weighted by atomic mass is 10.0. The van der Waals surface area contributed by atoms with Crippen molar-refractivity contribution in [2.24, 2.45) is 0 Å². The van der Waals surface area contributed by atoms with Crippen molar-refractivity contribution in [2.75, 3.05) is 6.54 Å². The molecule has 5 nitrogen and oxygen atoms in total. The van der Waals surface area contributed by atoms with Gasteiger partial charge >= 0.3 is 6.18 Å². The highest BCUT2D eigenvalue weighted by atomic mass is 19.4. The summed E-state index contributed by atoms with van der Waals surface area (Å²) in [4.78, 5) is 16.2. The molecule has 1 aliphatic heterocycles. The van der Waals surface area contributed by atoms with Gasteiger partial charge in [0.2, 0.25) is 0 Å². The van der Waals surface area contributed by atoms with Crippen LogP contribution in [0.2, 0.25) is 0 Å². The van der Waals surface area contributed by atoms with E-state index in [0.29, 0.717) is 35.3 Å². The maximum absolute atomic E-state index is 13.1. The predicted octanol–water partition coefficient (Wildman–Crippen LogP) is 3.47. The van der Waals surface area contributed by atoms with Gasteiger partial charge in [-0.2, -0.15) is 18.3 Å². The van der Waals surface area contributed by atoms with Gasteiger partial charge in [0.05, 0.1) is 28.7 Å². The number of amides is 1. The van der Waals surface area contributed by atoms with E-state index in [1.807, 2.05) is 0 Å². The summed E-state index contributed by atoms with van der Waals surface area (Å²) in [6.45, 7) is 2.18. The van der Waals surface area contributed by atoms with Gasteiger partial charge in [0.15, 0.2) is 0 Å². The second-order valence-corrected chi connectivity index (χ2v) is 6.81. The number of benzene rings is 1. The molecule has 8 heteroatoms. The molecule has 2 aromatic heterocycles. The van der Waals surface area contributed by atoms with Crippen molar-refractivity contribution in [3.8, 4) is 5.69 Å². The minimum absolute atomic E-state index is 0.152. The van der Waals surface area contributed by atoms with Gasteiger partial charge in [-0.05, 0) is 36.8 Å². The lowest BCUT2D eigenvalue weighted by Gasteiger charge is -2.15. The molecule has 1 amide bonds. The van der Waals surface area contributed by atoms with Gasteiger partial charge in [0.25, 0.3) is 5.91 Å². The van der Waals surface area contributed by atoms with Crippen molar-refractivity contribution >= 4 is 5.91 Å². The third-order valence-electron chi connectivity index (χ3n) is 4.66. The molecule has 28 heavy (non-hydrogen) atoms. The van der Waals surface area contributed by atoms with Crippen LogP contribution in [0, 0.1) is 6.92 Å². The zero-order valence-corrected chi connectivity index (χ0v) is 15.0. The number of rotatable bonds is 3. The van der Waals surface area contributed by atoms with Gasteiger partial charge < -0.3 is 5.32 Å². The average molecular weight is 386 g/mol. The van der Waals surface area contributed by atoms with Crippen LogP contribution >= 0.6 is 0 Å². The number of hydrogen-bond donors (Lipinski definition) is 1. The van der Waals surface area contributed by atoms with E-state index >= 15 is 0 Å². The molecular weight excluding hydrogens is 369 g/mol. The van der Waals surface area contributed by atoms with Crippen molar-refractivity contribution in [3.05, 3.63) is 76.4 Å². The van der Waals surface area contributed by atoms with Gasteiger partial charge in [-0.3, -0.25) is 9.78 Å². The van der Waals surface area contributed by atoms with Crippen LogP contribution in [0.5, 0.6) is 0 Å². The fraction of sp³-hybridized carbons (Fsp3) is 0.250. The zero-order chi connectivity index (χ0) is 19.9. The van der Waals surface area contributed by atoms with E-state index in [-0.39, 0.29) is 12.3 Å². The molecule has 1 N–H and O–H groups in total. The Balaban J connectivity index is 1.66. The monoisotopic (exact) mass is 386 g/mol. The first kappa shape index (κ1) is 18.2. The van der Waals surface area contributed by atoms with E-state index in [1.165, 1.54) is 6.20 Å². The molecule has 0 spiro atoms. The molecule has 1 aliphatic rings. The Morgan fingerprint density at radius 2 is 2.04 bits per heavy atom. The van der Waals surface area contributed by atoms with E-state index in [4.69, 9.17) is 0 Å². The summed E-state index contributed by atoms with van der Waals surface area (Å²) in [7, 11) is 0. The van der Waals surface area contributed by atoms with Crippen LogP contribution in [0.25, 0.3) is 5.69 Å². The van der Waals surface area contributed by atoms with E-state index in [2.05, 4.69) is 15.4 Å². The Morgan fingerprint density at radius 3 is 2.82 bits per heavy atom. The number of aryl methyl sites for hydroxylation is 1. The molecule has 0 bridgehead atoms. The number of carbonyl (C=O) groups is 1. The van der Waals surface area contributed by atoms with Crippen LogP contribution in [0.3, 0.4) is 0 Å². The largest absolute Gasteiger partial charge is 0.416 e. The Labute approximate surface area is 159 Å². The summed E-state index contributed by atoms with van der Waals surface area (Å²) in [5.41, 5.74) is 3.14. The highest BCUT2D eigenvalue weighted by molar-refractivity contribution is 5.96. The molecule has 4 rings (SSSR count). The van der Waals surface area contributed by atoms with Crippen molar-refractivity contribution in [2.45, 2.75) is 25.9 Å². The number of alkyl halides is 3. The quantitative estimate of drug-likeness (QED) is 0.750. The highest BCUT2D eigenvalue weighted by Crippen LogP contribution is 2.31. The van der Waals surface area contributed by atoms with E-state index in [9.17, 15) is 18.0 Å². The van der Waals surface area contributed by atoms with Crippen molar-refractivity contribution < 1.29 is 18.0 Å². The summed E-state index contributed by atoms with van der Waals surface area (Å²) >= 11 is 0. The molecule has 0 saturated heterocycles. The van der Waals surface area contributed by atoms with Gasteiger partial charge in [-0.25, -0.2) is 4.68 Å². The third kappa shape index (κ3) is 3.49. The zero-order valence-electron chi connectivity index (χ0n) is 15.0. The smallest absolute Gasteiger partial charge is 0.352 e. The first-order valence-electron chi connectivity index (χ1n) is 8.79. The van der Waals surface area contributed by atoms with Crippen molar-refractivity contribution in [1.29, 1.82) is 0 Å². The SMILES string of the molecule is Cc1cc(Cc2cc(-n3ncc4c3CCNC4=O)ccn2)cc(C(F)(F)F)c1. The lowest BCUT2D eigenvalue weighted by molar-refractivity contribution is -0.137. The molecule has 144 valence electrons. The van der Waals surface area contributed by atoms with Gasteiger partial charge in [0.1, 0.15) is 0 Å². The number of fused-ring (bicyclic) bond motifs is 1. The Bertz CT molecular complexity index is 1060. The molecule has 0 saturated carbocycles. The maximum atomic E-state index is 13.1. The number of aromatic nitrogens is 3. The van der Waals surface area contributed by atoms with Gasteiger partial charge in [-0.15, -0.1) is 0 Å². The number of nitrogens with one attached hydrogen (secondary N) is 1. The van der Waals surface area contributed by atoms with Crippen LogP contribution in [0.4, 0.5) is 13.2 Å². The lowest BCUT2D eigenvalue weighted by Crippen LogP contribution is -2.32. The number of nitrogens with zero attached hydrogens (tertiary/aromatic N) is 3. The van der Waals surface area contributed by atoms with Crippen LogP contribution in [0.1, 0.15) is 38.4 Å². The highest BCUT2D eigenvalue weighted by Gasteiger charge is 2.31. The minimum atomic E-state index is -4.38. The van der Waals surface area contributed by atoms with Crippen LogP contribution < -0.4 is 5.32 Å². The number of pyridine rings is 1. The molecule has 0 unspecified atom stereocenters. The number of carbonyl (C=O) groups excluding carboxylic acids is 1. The molecule has 3 heterocycles. The maximum Gasteiger partial charge on any atom is 0.416 e. The van der Waals surface area contributed by atoms with Crippen molar-refractivity contribution in [1.82, 2.24) is 20.1 Å². The summed E-state index contributed by atoms with van der Waals surface area (Å²) in [6.07, 6.45) is -0.332. The van der Waals surface area contributed by atoms with Crippen molar-refractivity contribution in [3.63, 3.8) is 0 Å². The Kier molecular flexibility index (Phi) is 4.41. The molecule has 0 atom stereocenters. The average Bonchev–Trinajstić information content (AvgIpc) is 3.06. The summed E-state index contributed by atoms with van der Waals surface area (Å²) in [5.74, 6) is -0.152. The van der Waals surface area contributed by atoms with Crippen LogP contribution in [-0.2, 0) is 19.0 Å². The standard InChI is InChI=1S/C20H17F3N4O/c1-12-6-13(8-14(7-12)20(21,22)23)9-15-10-16(2-4-24-15)27-18-3-5-25-19(28)17(18)11-26-27/h2,4,6-8,10-11H,3,5,9H2,1H3,(H,25,28). The molecule has 1 aromatic carbocycles. The summed E-state index contributed by atoms with van der Waals surface area (Å²) in [6, 6.07) is 7.57. The Morgan fingerprint density at radius 1 is 1.21 bits per heavy atom. The second kappa shape index (κ2) is 6.78. The summed E-state index contributed by atoms with van der Waals surface area (Å²) in [5, 5.41) is 7.08. The predicted molar refractivity (Wildman–Crippen MR) is 96.4 cm³/mol. The van der Waals surface area contributed by atoms with Crippen LogP contribution in [0.15, 0.2) is 42.7 Å². The van der Waals surface area contributed by atoms with E-state index < -0.39 is 11.7 Å². The van der Waals surface area contributed by atoms with E-state index in [0.717, 1.165) is 23.5 Å². The molecule has 0 aliphatic carbocycles.